The minimum absolute atomic E-state index is 0.0546. The number of carboxylic acids is 1. The molecule has 0 saturated carbocycles. The molecule has 0 aliphatic carbocycles. The van der Waals surface area contributed by atoms with Gasteiger partial charge in [0.15, 0.2) is 0 Å². The first kappa shape index (κ1) is 12.5. The van der Waals surface area contributed by atoms with E-state index in [4.69, 9.17) is 5.11 Å². The molecule has 6 nitrogen and oxygen atoms in total. The van der Waals surface area contributed by atoms with Crippen LogP contribution < -0.4 is 5.32 Å². The predicted molar refractivity (Wildman–Crippen MR) is 57.0 cm³/mol. The molecule has 0 spiro atoms. The molecule has 0 aromatic carbocycles. The minimum atomic E-state index is -1.10. The van der Waals surface area contributed by atoms with Crippen LogP contribution in [0.25, 0.3) is 0 Å². The lowest BCUT2D eigenvalue weighted by atomic mass is 10.2. The van der Waals surface area contributed by atoms with E-state index in [1.54, 1.807) is 6.92 Å². The number of hydrogen-bond acceptors (Lipinski definition) is 3. The number of rotatable bonds is 3. The molecule has 1 aliphatic heterocycles. The summed E-state index contributed by atoms with van der Waals surface area (Å²) < 4.78 is 0. The van der Waals surface area contributed by atoms with E-state index < -0.39 is 24.1 Å². The van der Waals surface area contributed by atoms with Gasteiger partial charge in [-0.25, -0.2) is 9.59 Å². The first-order valence-electron chi connectivity index (χ1n) is 5.01. The van der Waals surface area contributed by atoms with Gasteiger partial charge >= 0.3 is 12.0 Å². The highest BCUT2D eigenvalue weighted by Crippen LogP contribution is 2.17. The van der Waals surface area contributed by atoms with E-state index in [9.17, 15) is 14.7 Å². The lowest BCUT2D eigenvalue weighted by Crippen LogP contribution is -2.46. The Morgan fingerprint density at radius 3 is 2.69 bits per heavy atom. The zero-order valence-electron chi connectivity index (χ0n) is 9.14. The van der Waals surface area contributed by atoms with Crippen molar-refractivity contribution < 1.29 is 19.8 Å². The van der Waals surface area contributed by atoms with Gasteiger partial charge in [-0.15, -0.1) is 0 Å². The molecule has 1 fully saturated rings. The average Bonchev–Trinajstić information content (AvgIpc) is 2.56. The number of carboxylic acid groups (broad SMARTS) is 1. The lowest BCUT2D eigenvalue weighted by Gasteiger charge is -2.21. The zero-order chi connectivity index (χ0) is 12.3. The van der Waals surface area contributed by atoms with Gasteiger partial charge in [0.1, 0.15) is 6.04 Å². The Morgan fingerprint density at radius 2 is 2.19 bits per heavy atom. The Balaban J connectivity index is 2.59. The molecule has 1 aliphatic rings. The van der Waals surface area contributed by atoms with Crippen LogP contribution in [0.3, 0.4) is 0 Å². The van der Waals surface area contributed by atoms with E-state index >= 15 is 0 Å². The van der Waals surface area contributed by atoms with E-state index in [2.05, 4.69) is 11.9 Å². The maximum absolute atomic E-state index is 11.6. The standard InChI is InChI=1S/C10H16N2O4/c1-6(2)4-11-10(16)12-5-7(13)3-8(12)9(14)15/h7-8,13H,1,3-5H2,2H3,(H,11,16)(H,14,15)/t7-,8-/m1/s1. The molecule has 0 radical (unpaired) electrons. The molecule has 0 unspecified atom stereocenters. The summed E-state index contributed by atoms with van der Waals surface area (Å²) in [6.45, 7) is 5.74. The highest BCUT2D eigenvalue weighted by Gasteiger charge is 2.38. The smallest absolute Gasteiger partial charge is 0.326 e. The number of aliphatic hydroxyl groups excluding tert-OH is 1. The molecule has 2 atom stereocenters. The number of carbonyl (C=O) groups is 2. The molecule has 3 N–H and O–H groups in total. The summed E-state index contributed by atoms with van der Waals surface area (Å²) in [5.74, 6) is -1.10. The molecule has 90 valence electrons. The number of nitrogens with zero attached hydrogens (tertiary/aromatic N) is 1. The molecule has 16 heavy (non-hydrogen) atoms. The van der Waals surface area contributed by atoms with Crippen LogP contribution in [0.2, 0.25) is 0 Å². The Kier molecular flexibility index (Phi) is 3.89. The van der Waals surface area contributed by atoms with Crippen molar-refractivity contribution in [2.45, 2.75) is 25.5 Å². The van der Waals surface area contributed by atoms with Gasteiger partial charge < -0.3 is 20.4 Å². The maximum Gasteiger partial charge on any atom is 0.326 e. The number of hydrogen-bond donors (Lipinski definition) is 3. The fraction of sp³-hybridized carbons (Fsp3) is 0.600. The van der Waals surface area contributed by atoms with E-state index in [-0.39, 0.29) is 13.0 Å². The molecule has 6 heteroatoms. The Labute approximate surface area is 93.5 Å². The molecule has 0 bridgehead atoms. The second kappa shape index (κ2) is 4.98. The summed E-state index contributed by atoms with van der Waals surface area (Å²) in [4.78, 5) is 23.6. The molecule has 1 heterocycles. The summed E-state index contributed by atoms with van der Waals surface area (Å²) in [6.07, 6.45) is -0.688. The van der Waals surface area contributed by atoms with Gasteiger partial charge in [-0.3, -0.25) is 0 Å². The Morgan fingerprint density at radius 1 is 1.56 bits per heavy atom. The zero-order valence-corrected chi connectivity index (χ0v) is 9.14. The number of nitrogens with one attached hydrogen (secondary N) is 1. The lowest BCUT2D eigenvalue weighted by molar-refractivity contribution is -0.141. The summed E-state index contributed by atoms with van der Waals surface area (Å²) in [5.41, 5.74) is 0.778. The van der Waals surface area contributed by atoms with Gasteiger partial charge in [0.25, 0.3) is 0 Å². The predicted octanol–water partition coefficient (Wildman–Crippen LogP) is -0.208. The van der Waals surface area contributed by atoms with Crippen molar-refractivity contribution >= 4 is 12.0 Å². The van der Waals surface area contributed by atoms with Crippen molar-refractivity contribution in [3.63, 3.8) is 0 Å². The number of aliphatic carboxylic acids is 1. The SMILES string of the molecule is C=C(C)CNC(=O)N1C[C@H](O)C[C@@H]1C(=O)O. The van der Waals surface area contributed by atoms with Crippen molar-refractivity contribution in [2.75, 3.05) is 13.1 Å². The third-order valence-electron chi connectivity index (χ3n) is 2.37. The van der Waals surface area contributed by atoms with Crippen LogP contribution in [0.1, 0.15) is 13.3 Å². The minimum Gasteiger partial charge on any atom is -0.480 e. The summed E-state index contributed by atoms with van der Waals surface area (Å²) in [7, 11) is 0. The van der Waals surface area contributed by atoms with Crippen molar-refractivity contribution in [3.05, 3.63) is 12.2 Å². The Bertz CT molecular complexity index is 316. The van der Waals surface area contributed by atoms with Crippen LogP contribution in [-0.4, -0.2) is 52.3 Å². The molecular weight excluding hydrogens is 212 g/mol. The molecular formula is C10H16N2O4. The third-order valence-corrected chi connectivity index (χ3v) is 2.37. The van der Waals surface area contributed by atoms with E-state index in [1.165, 1.54) is 0 Å². The third kappa shape index (κ3) is 2.96. The van der Waals surface area contributed by atoms with Crippen molar-refractivity contribution in [1.82, 2.24) is 10.2 Å². The molecule has 1 saturated heterocycles. The number of aliphatic hydroxyl groups is 1. The van der Waals surface area contributed by atoms with Gasteiger partial charge in [0.05, 0.1) is 6.10 Å². The topological polar surface area (TPSA) is 89.9 Å². The average molecular weight is 228 g/mol. The van der Waals surface area contributed by atoms with E-state index in [0.29, 0.717) is 6.54 Å². The van der Waals surface area contributed by atoms with Crippen LogP contribution in [0.4, 0.5) is 4.79 Å². The molecule has 2 amide bonds. The van der Waals surface area contributed by atoms with Gasteiger partial charge in [0.2, 0.25) is 0 Å². The van der Waals surface area contributed by atoms with Crippen LogP contribution in [0.15, 0.2) is 12.2 Å². The first-order valence-corrected chi connectivity index (χ1v) is 5.01. The number of likely N-dealkylation sites (tertiary alicyclic amines) is 1. The normalized spacial score (nSPS) is 24.2. The van der Waals surface area contributed by atoms with Gasteiger partial charge in [-0.1, -0.05) is 12.2 Å². The van der Waals surface area contributed by atoms with Crippen molar-refractivity contribution in [2.24, 2.45) is 0 Å². The second-order valence-electron chi connectivity index (χ2n) is 4.01. The van der Waals surface area contributed by atoms with Crippen LogP contribution in [-0.2, 0) is 4.79 Å². The summed E-state index contributed by atoms with van der Waals surface area (Å²) in [5, 5.41) is 20.8. The monoisotopic (exact) mass is 228 g/mol. The molecule has 1 rings (SSSR count). The van der Waals surface area contributed by atoms with Gasteiger partial charge in [-0.2, -0.15) is 0 Å². The van der Waals surface area contributed by atoms with Gasteiger partial charge in [0, 0.05) is 19.5 Å². The largest absolute Gasteiger partial charge is 0.480 e. The quantitative estimate of drug-likeness (QED) is 0.583. The molecule has 0 aromatic rings. The first-order chi connectivity index (χ1) is 7.41. The van der Waals surface area contributed by atoms with Crippen LogP contribution in [0, 0.1) is 0 Å². The van der Waals surface area contributed by atoms with E-state index in [0.717, 1.165) is 10.5 Å². The fourth-order valence-corrected chi connectivity index (χ4v) is 1.60. The Hall–Kier alpha value is -1.56. The summed E-state index contributed by atoms with van der Waals surface area (Å²) in [6, 6.07) is -1.42. The number of amides is 2. The number of β-amino-alcohol motifs (C(OH)–C–C–N with tert-alkyl or cyclic N) is 1. The highest BCUT2D eigenvalue weighted by atomic mass is 16.4. The fourth-order valence-electron chi connectivity index (χ4n) is 1.60. The second-order valence-corrected chi connectivity index (χ2v) is 4.01. The van der Waals surface area contributed by atoms with Crippen molar-refractivity contribution in [3.8, 4) is 0 Å². The van der Waals surface area contributed by atoms with E-state index in [1.807, 2.05) is 0 Å². The summed E-state index contributed by atoms with van der Waals surface area (Å²) >= 11 is 0. The highest BCUT2D eigenvalue weighted by molar-refractivity contribution is 5.83. The number of urea groups is 1. The maximum atomic E-state index is 11.6. The van der Waals surface area contributed by atoms with Crippen LogP contribution in [0.5, 0.6) is 0 Å². The van der Waals surface area contributed by atoms with Crippen molar-refractivity contribution in [1.29, 1.82) is 0 Å². The van der Waals surface area contributed by atoms with Crippen LogP contribution >= 0.6 is 0 Å². The molecule has 0 aromatic heterocycles. The number of carbonyl (C=O) groups excluding carboxylic acids is 1. The van der Waals surface area contributed by atoms with Gasteiger partial charge in [-0.05, 0) is 6.92 Å².